The monoisotopic (exact) mass is 405 g/mol. The Balaban J connectivity index is 0.00000264. The summed E-state index contributed by atoms with van der Waals surface area (Å²) in [4.78, 5) is 24.4. The quantitative estimate of drug-likeness (QED) is 0.403. The van der Waals surface area contributed by atoms with Crippen molar-refractivity contribution in [3.05, 3.63) is 5.51 Å². The van der Waals surface area contributed by atoms with Gasteiger partial charge < -0.3 is 21.7 Å². The zero-order valence-corrected chi connectivity index (χ0v) is 16.0. The Bertz CT molecular complexity index is 512. The fourth-order valence-corrected chi connectivity index (χ4v) is 3.25. The lowest BCUT2D eigenvalue weighted by Gasteiger charge is -2.19. The van der Waals surface area contributed by atoms with Crippen LogP contribution in [0.3, 0.4) is 0 Å². The number of hydrogen-bond donors (Lipinski definition) is 1. The van der Waals surface area contributed by atoms with Crippen LogP contribution in [0.1, 0.15) is 52.4 Å². The minimum Gasteiger partial charge on any atom is -1.00 e. The predicted molar refractivity (Wildman–Crippen MR) is 82.7 cm³/mol. The molecule has 1 aromatic rings. The number of nitrogens with two attached hydrogens (primary N) is 1. The van der Waals surface area contributed by atoms with Crippen LogP contribution in [0.25, 0.3) is 0 Å². The highest BCUT2D eigenvalue weighted by Crippen LogP contribution is 2.34. The zero-order chi connectivity index (χ0) is 16.0. The molecule has 1 saturated heterocycles. The lowest BCUT2D eigenvalue weighted by Crippen LogP contribution is -3.00. The van der Waals surface area contributed by atoms with Crippen LogP contribution in [-0.2, 0) is 14.3 Å². The molecule has 2 heterocycles. The average molecular weight is 406 g/mol. The van der Waals surface area contributed by atoms with Crippen molar-refractivity contribution in [2.24, 2.45) is 5.92 Å². The number of carbonyl (C=O) groups is 2. The molecule has 1 fully saturated rings. The van der Waals surface area contributed by atoms with Crippen LogP contribution in [-0.4, -0.2) is 34.1 Å². The van der Waals surface area contributed by atoms with E-state index in [4.69, 9.17) is 4.74 Å². The molecule has 6 nitrogen and oxygen atoms in total. The summed E-state index contributed by atoms with van der Waals surface area (Å²) in [5.41, 5.74) is 0.646. The van der Waals surface area contributed by atoms with E-state index < -0.39 is 5.60 Å². The van der Waals surface area contributed by atoms with Gasteiger partial charge in [0.1, 0.15) is 12.1 Å². The lowest BCUT2D eigenvalue weighted by atomic mass is 9.89. The SMILES string of the molecule is CCCCCCC1CC(C)(C(=O)C[NH2+]c2nncs2)OC1=O.[Br-]. The summed E-state index contributed by atoms with van der Waals surface area (Å²) in [6.07, 6.45) is 5.84. The number of quaternary nitrogens is 1. The molecule has 8 heteroatoms. The summed E-state index contributed by atoms with van der Waals surface area (Å²) in [5.74, 6) is -0.414. The first-order chi connectivity index (χ1) is 10.5. The largest absolute Gasteiger partial charge is 1.00 e. The van der Waals surface area contributed by atoms with Crippen LogP contribution in [0, 0.1) is 5.92 Å². The molecule has 0 spiro atoms. The van der Waals surface area contributed by atoms with Crippen molar-refractivity contribution in [3.8, 4) is 0 Å². The second kappa shape index (κ2) is 9.44. The predicted octanol–water partition coefficient (Wildman–Crippen LogP) is -1.40. The van der Waals surface area contributed by atoms with Crippen molar-refractivity contribution in [1.29, 1.82) is 0 Å². The zero-order valence-electron chi connectivity index (χ0n) is 13.6. The number of esters is 1. The molecule has 0 amide bonds. The molecular formula is C15H24BrN3O3S. The fourth-order valence-electron chi connectivity index (χ4n) is 2.78. The first kappa shape index (κ1) is 20.2. The number of aromatic nitrogens is 2. The van der Waals surface area contributed by atoms with E-state index in [2.05, 4.69) is 17.1 Å². The van der Waals surface area contributed by atoms with Crippen LogP contribution in [0.2, 0.25) is 0 Å². The summed E-state index contributed by atoms with van der Waals surface area (Å²) < 4.78 is 5.41. The number of cyclic esters (lactones) is 1. The number of ketones is 1. The minimum absolute atomic E-state index is 0. The van der Waals surface area contributed by atoms with Crippen molar-refractivity contribution < 1.29 is 36.6 Å². The standard InChI is InChI=1S/C15H23N3O3S.BrH/c1-3-4-5-6-7-11-8-15(2,21-13(11)20)12(19)9-16-14-18-17-10-22-14;/h10-11H,3-9H2,1-2H3,(H,16,18);1H. The number of unbranched alkanes of at least 4 members (excludes halogenated alkanes) is 3. The topological polar surface area (TPSA) is 85.8 Å². The minimum atomic E-state index is -0.978. The molecule has 2 unspecified atom stereocenters. The van der Waals surface area contributed by atoms with Crippen LogP contribution >= 0.6 is 11.3 Å². The number of hydrogen-bond acceptors (Lipinski definition) is 6. The number of ether oxygens (including phenoxy) is 1. The molecule has 1 aromatic heterocycles. The number of halogens is 1. The third kappa shape index (κ3) is 5.61. The van der Waals surface area contributed by atoms with Gasteiger partial charge in [0.15, 0.2) is 5.60 Å². The second-order valence-corrected chi connectivity index (χ2v) is 6.88. The Labute approximate surface area is 151 Å². The van der Waals surface area contributed by atoms with Gasteiger partial charge in [-0.2, -0.15) is 0 Å². The second-order valence-electron chi connectivity index (χ2n) is 6.01. The maximum atomic E-state index is 12.4. The molecule has 23 heavy (non-hydrogen) atoms. The van der Waals surface area contributed by atoms with E-state index in [1.165, 1.54) is 24.2 Å². The van der Waals surface area contributed by atoms with Crippen molar-refractivity contribution in [2.75, 3.05) is 6.54 Å². The van der Waals surface area contributed by atoms with Gasteiger partial charge in [-0.25, -0.2) is 0 Å². The normalized spacial score (nSPS) is 23.4. The summed E-state index contributed by atoms with van der Waals surface area (Å²) >= 11 is 1.39. The Morgan fingerprint density at radius 1 is 1.48 bits per heavy atom. The van der Waals surface area contributed by atoms with Crippen LogP contribution < -0.4 is 22.3 Å². The molecule has 1 aliphatic heterocycles. The first-order valence-corrected chi connectivity index (χ1v) is 8.78. The maximum Gasteiger partial charge on any atom is 0.310 e. The summed E-state index contributed by atoms with van der Waals surface area (Å²) in [6, 6.07) is 0. The molecule has 2 atom stereocenters. The highest BCUT2D eigenvalue weighted by Gasteiger charge is 2.48. The van der Waals surface area contributed by atoms with Crippen LogP contribution in [0.5, 0.6) is 0 Å². The molecule has 0 radical (unpaired) electrons. The highest BCUT2D eigenvalue weighted by molar-refractivity contribution is 7.12. The summed E-state index contributed by atoms with van der Waals surface area (Å²) in [5, 5.41) is 10.1. The van der Waals surface area contributed by atoms with Gasteiger partial charge in [0.25, 0.3) is 0 Å². The van der Waals surface area contributed by atoms with E-state index in [1.807, 2.05) is 0 Å². The van der Waals surface area contributed by atoms with Gasteiger partial charge >= 0.3 is 11.1 Å². The fraction of sp³-hybridized carbons (Fsp3) is 0.733. The van der Waals surface area contributed by atoms with E-state index in [1.54, 1.807) is 17.8 Å². The maximum absolute atomic E-state index is 12.4. The lowest BCUT2D eigenvalue weighted by molar-refractivity contribution is -0.559. The van der Waals surface area contributed by atoms with E-state index in [0.29, 0.717) is 6.42 Å². The molecule has 1 aliphatic rings. The van der Waals surface area contributed by atoms with Crippen LogP contribution in [0.4, 0.5) is 5.13 Å². The highest BCUT2D eigenvalue weighted by atomic mass is 79.9. The summed E-state index contributed by atoms with van der Waals surface area (Å²) in [6.45, 7) is 4.11. The van der Waals surface area contributed by atoms with Crippen LogP contribution in [0.15, 0.2) is 5.51 Å². The van der Waals surface area contributed by atoms with Gasteiger partial charge in [0.2, 0.25) is 5.78 Å². The van der Waals surface area contributed by atoms with Gasteiger partial charge in [-0.1, -0.05) is 37.7 Å². The Morgan fingerprint density at radius 2 is 2.26 bits per heavy atom. The van der Waals surface area contributed by atoms with Crippen molar-refractivity contribution in [2.45, 2.75) is 58.0 Å². The Hall–Kier alpha value is -0.860. The Morgan fingerprint density at radius 3 is 2.91 bits per heavy atom. The Kier molecular flexibility index (Phi) is 8.28. The molecule has 0 saturated carbocycles. The number of carbonyl (C=O) groups excluding carboxylic acids is 2. The van der Waals surface area contributed by atoms with E-state index in [-0.39, 0.29) is 41.2 Å². The van der Waals surface area contributed by atoms with E-state index in [0.717, 1.165) is 24.4 Å². The smallest absolute Gasteiger partial charge is 0.310 e. The van der Waals surface area contributed by atoms with Gasteiger partial charge in [-0.3, -0.25) is 14.9 Å². The van der Waals surface area contributed by atoms with Gasteiger partial charge in [0.05, 0.1) is 5.92 Å². The number of rotatable bonds is 9. The van der Waals surface area contributed by atoms with Gasteiger partial charge in [0, 0.05) is 6.42 Å². The van der Waals surface area contributed by atoms with Crippen molar-refractivity contribution >= 4 is 28.2 Å². The third-order valence-electron chi connectivity index (χ3n) is 4.13. The molecule has 0 aromatic carbocycles. The molecule has 0 aliphatic carbocycles. The molecule has 2 N–H and O–H groups in total. The molecule has 130 valence electrons. The third-order valence-corrected chi connectivity index (χ3v) is 4.82. The first-order valence-electron chi connectivity index (χ1n) is 7.90. The summed E-state index contributed by atoms with van der Waals surface area (Å²) in [7, 11) is 0. The van der Waals surface area contributed by atoms with Gasteiger partial charge in [-0.05, 0) is 24.7 Å². The number of Topliss-reactive ketones (excluding diaryl/α,β-unsaturated/α-hetero) is 1. The molecule has 2 rings (SSSR count). The van der Waals surface area contributed by atoms with E-state index >= 15 is 0 Å². The van der Waals surface area contributed by atoms with Crippen molar-refractivity contribution in [3.63, 3.8) is 0 Å². The average Bonchev–Trinajstić information content (AvgIpc) is 3.10. The molecular weight excluding hydrogens is 382 g/mol. The van der Waals surface area contributed by atoms with Gasteiger partial charge in [-0.15, -0.1) is 5.10 Å². The molecule has 0 bridgehead atoms. The van der Waals surface area contributed by atoms with Crippen molar-refractivity contribution in [1.82, 2.24) is 10.2 Å². The number of nitrogens with zero attached hydrogens (tertiary/aromatic N) is 2. The van der Waals surface area contributed by atoms with E-state index in [9.17, 15) is 9.59 Å².